The van der Waals surface area contributed by atoms with Gasteiger partial charge in [-0.25, -0.2) is 9.50 Å². The van der Waals surface area contributed by atoms with Crippen LogP contribution >= 0.6 is 23.4 Å². The molecule has 1 saturated heterocycles. The van der Waals surface area contributed by atoms with Gasteiger partial charge in [-0.2, -0.15) is 25.6 Å². The Bertz CT molecular complexity index is 949. The number of rotatable bonds is 3. The van der Waals surface area contributed by atoms with E-state index in [4.69, 9.17) is 16.0 Å². The number of carbonyl (C=O) groups excluding carboxylic acids is 1. The Morgan fingerprint density at radius 3 is 2.73 bits per heavy atom. The van der Waals surface area contributed by atoms with Crippen LogP contribution < -0.4 is 0 Å². The Kier molecular flexibility index (Phi) is 4.36. The molecule has 136 valence electrons. The molecule has 10 heteroatoms. The summed E-state index contributed by atoms with van der Waals surface area (Å²) in [6, 6.07) is 5.72. The predicted octanol–water partition coefficient (Wildman–Crippen LogP) is 3.47. The average molecular weight is 399 g/mol. The second-order valence-electron chi connectivity index (χ2n) is 5.71. The average Bonchev–Trinajstić information content (AvgIpc) is 3.29. The van der Waals surface area contributed by atoms with Crippen LogP contribution in [-0.4, -0.2) is 50.0 Å². The molecule has 1 aliphatic heterocycles. The van der Waals surface area contributed by atoms with Gasteiger partial charge in [-0.05, 0) is 29.8 Å². The van der Waals surface area contributed by atoms with Crippen molar-refractivity contribution in [1.29, 1.82) is 0 Å². The smallest absolute Gasteiger partial charge is 0.364 e. The van der Waals surface area contributed by atoms with Crippen LogP contribution in [0, 0.1) is 0 Å². The fourth-order valence-electron chi connectivity index (χ4n) is 2.76. The second kappa shape index (κ2) is 6.55. The van der Waals surface area contributed by atoms with Gasteiger partial charge in [0.2, 0.25) is 0 Å². The molecule has 1 fully saturated rings. The maximum absolute atomic E-state index is 13.9. The molecule has 26 heavy (non-hydrogen) atoms. The largest absolute Gasteiger partial charge is 0.463 e. The van der Waals surface area contributed by atoms with Crippen molar-refractivity contribution in [3.05, 3.63) is 41.9 Å². The monoisotopic (exact) mass is 398 g/mol. The summed E-state index contributed by atoms with van der Waals surface area (Å²) in [4.78, 5) is 18.6. The van der Waals surface area contributed by atoms with Crippen LogP contribution in [0.1, 0.15) is 16.2 Å². The van der Waals surface area contributed by atoms with Crippen molar-refractivity contribution in [2.45, 2.75) is 5.38 Å². The van der Waals surface area contributed by atoms with Crippen molar-refractivity contribution in [2.75, 3.05) is 24.6 Å². The highest BCUT2D eigenvalue weighted by atomic mass is 35.5. The van der Waals surface area contributed by atoms with Gasteiger partial charge in [-0.1, -0.05) is 0 Å². The number of hydrogen-bond acceptors (Lipinski definition) is 5. The van der Waals surface area contributed by atoms with Crippen LogP contribution in [0.25, 0.3) is 17.1 Å². The summed E-state index contributed by atoms with van der Waals surface area (Å²) < 4.78 is 34.0. The lowest BCUT2D eigenvalue weighted by atomic mass is 10.2. The molecule has 0 aliphatic carbocycles. The maximum atomic E-state index is 13.9. The van der Waals surface area contributed by atoms with E-state index < -0.39 is 11.1 Å². The number of alkyl halides is 3. The van der Waals surface area contributed by atoms with Gasteiger partial charge in [0, 0.05) is 30.7 Å². The Labute approximate surface area is 156 Å². The van der Waals surface area contributed by atoms with Gasteiger partial charge in [-0.3, -0.25) is 4.79 Å². The molecule has 0 N–H and O–H groups in total. The van der Waals surface area contributed by atoms with E-state index in [-0.39, 0.29) is 22.9 Å². The molecule has 0 unspecified atom stereocenters. The number of amides is 1. The third-order valence-corrected chi connectivity index (χ3v) is 5.14. The third kappa shape index (κ3) is 3.16. The Morgan fingerprint density at radius 1 is 1.31 bits per heavy atom. The Morgan fingerprint density at radius 2 is 2.08 bits per heavy atom. The first-order chi connectivity index (χ1) is 12.4. The summed E-state index contributed by atoms with van der Waals surface area (Å²) in [5, 5.41) is 0.354. The molecule has 1 aliphatic rings. The molecule has 0 atom stereocenters. The summed E-state index contributed by atoms with van der Waals surface area (Å²) in [6.07, 6.45) is 1.42. The van der Waals surface area contributed by atoms with Gasteiger partial charge in [0.05, 0.1) is 6.26 Å². The standard InChI is InChI=1S/C16H13ClF2N4O2S/c17-16(18,19)13-8-10(12-2-1-5-25-12)20-14-9-11(21-23(13)14)15(24)22-3-6-26-7-4-22/h1-2,5,8-9H,3-4,6-7H2. The lowest BCUT2D eigenvalue weighted by molar-refractivity contribution is 0.0760. The lowest BCUT2D eigenvalue weighted by Crippen LogP contribution is -2.38. The van der Waals surface area contributed by atoms with Crippen LogP contribution in [0.2, 0.25) is 0 Å². The molecule has 3 aromatic heterocycles. The summed E-state index contributed by atoms with van der Waals surface area (Å²) in [5.41, 5.74) is -0.234. The minimum Gasteiger partial charge on any atom is -0.463 e. The molecule has 3 aromatic rings. The van der Waals surface area contributed by atoms with Crippen molar-refractivity contribution in [3.63, 3.8) is 0 Å². The minimum atomic E-state index is -3.68. The first kappa shape index (κ1) is 17.3. The van der Waals surface area contributed by atoms with Crippen LogP contribution in [0.5, 0.6) is 0 Å². The molecule has 0 radical (unpaired) electrons. The highest BCUT2D eigenvalue weighted by molar-refractivity contribution is 7.99. The predicted molar refractivity (Wildman–Crippen MR) is 93.7 cm³/mol. The third-order valence-electron chi connectivity index (χ3n) is 4.01. The number of fused-ring (bicyclic) bond motifs is 1. The lowest BCUT2D eigenvalue weighted by Gasteiger charge is -2.25. The maximum Gasteiger partial charge on any atom is 0.364 e. The SMILES string of the molecule is O=C(c1cc2nc(-c3ccco3)cc(C(F)(F)Cl)n2n1)N1CCSCC1. The van der Waals surface area contributed by atoms with E-state index >= 15 is 0 Å². The zero-order valence-corrected chi connectivity index (χ0v) is 14.9. The molecule has 1 amide bonds. The number of nitrogens with zero attached hydrogens (tertiary/aromatic N) is 4. The van der Waals surface area contributed by atoms with Gasteiger partial charge >= 0.3 is 5.38 Å². The molecular formula is C16H13ClF2N4O2S. The van der Waals surface area contributed by atoms with E-state index in [0.717, 1.165) is 22.1 Å². The number of hydrogen-bond donors (Lipinski definition) is 0. The van der Waals surface area contributed by atoms with Gasteiger partial charge in [0.1, 0.15) is 11.4 Å². The molecule has 0 saturated carbocycles. The van der Waals surface area contributed by atoms with Crippen molar-refractivity contribution in [3.8, 4) is 11.5 Å². The molecule has 0 aromatic carbocycles. The van der Waals surface area contributed by atoms with E-state index in [1.807, 2.05) is 0 Å². The van der Waals surface area contributed by atoms with Gasteiger partial charge in [-0.15, -0.1) is 0 Å². The normalized spacial score (nSPS) is 15.6. The highest BCUT2D eigenvalue weighted by Crippen LogP contribution is 2.34. The van der Waals surface area contributed by atoms with E-state index in [9.17, 15) is 13.6 Å². The van der Waals surface area contributed by atoms with Crippen LogP contribution in [-0.2, 0) is 5.38 Å². The van der Waals surface area contributed by atoms with Crippen LogP contribution in [0.15, 0.2) is 34.9 Å². The zero-order chi connectivity index (χ0) is 18.3. The van der Waals surface area contributed by atoms with Gasteiger partial charge < -0.3 is 9.32 Å². The van der Waals surface area contributed by atoms with Crippen molar-refractivity contribution >= 4 is 34.9 Å². The topological polar surface area (TPSA) is 63.6 Å². The number of thioether (sulfide) groups is 1. The minimum absolute atomic E-state index is 0.0585. The van der Waals surface area contributed by atoms with E-state index in [0.29, 0.717) is 18.8 Å². The Balaban J connectivity index is 1.82. The zero-order valence-electron chi connectivity index (χ0n) is 13.4. The number of carbonyl (C=O) groups is 1. The van der Waals surface area contributed by atoms with E-state index in [1.54, 1.807) is 28.8 Å². The van der Waals surface area contributed by atoms with E-state index in [1.165, 1.54) is 12.3 Å². The molecule has 0 bridgehead atoms. The molecular weight excluding hydrogens is 386 g/mol. The summed E-state index contributed by atoms with van der Waals surface area (Å²) in [6.45, 7) is 1.20. The van der Waals surface area contributed by atoms with Crippen molar-refractivity contribution in [2.24, 2.45) is 0 Å². The van der Waals surface area contributed by atoms with E-state index in [2.05, 4.69) is 10.1 Å². The highest BCUT2D eigenvalue weighted by Gasteiger charge is 2.34. The Hall–Kier alpha value is -2.13. The van der Waals surface area contributed by atoms with Crippen molar-refractivity contribution in [1.82, 2.24) is 19.5 Å². The molecule has 0 spiro atoms. The summed E-state index contributed by atoms with van der Waals surface area (Å²) in [5.74, 6) is 1.69. The summed E-state index contributed by atoms with van der Waals surface area (Å²) >= 11 is 7.02. The fraction of sp³-hybridized carbons (Fsp3) is 0.312. The van der Waals surface area contributed by atoms with Crippen LogP contribution in [0.3, 0.4) is 0 Å². The molecule has 4 heterocycles. The quantitative estimate of drug-likeness (QED) is 0.632. The van der Waals surface area contributed by atoms with Crippen molar-refractivity contribution < 1.29 is 18.0 Å². The number of halogens is 3. The molecule has 6 nitrogen and oxygen atoms in total. The molecule has 4 rings (SSSR count). The first-order valence-electron chi connectivity index (χ1n) is 7.82. The summed E-state index contributed by atoms with van der Waals surface area (Å²) in [7, 11) is 0. The fourth-order valence-corrected chi connectivity index (χ4v) is 3.80. The first-order valence-corrected chi connectivity index (χ1v) is 9.36. The van der Waals surface area contributed by atoms with Crippen LogP contribution in [0.4, 0.5) is 8.78 Å². The van der Waals surface area contributed by atoms with Gasteiger partial charge in [0.25, 0.3) is 5.91 Å². The number of aromatic nitrogens is 3. The second-order valence-corrected chi connectivity index (χ2v) is 7.41. The number of furan rings is 1. The van der Waals surface area contributed by atoms with Gasteiger partial charge in [0.15, 0.2) is 17.1 Å².